The standard InChI is InChI=1S/C24H29NO4/c1-5-16-28-22-8-7-9-23(29-17-6-2)20(22)14-15-21(26)18-10-12-19(13-11-18)24(27)25(3)4/h7-15H,5-6,16-17H2,1-4H3/b15-14+. The van der Waals surface area contributed by atoms with E-state index in [0.29, 0.717) is 35.8 Å². The van der Waals surface area contributed by atoms with Crippen LogP contribution >= 0.6 is 0 Å². The summed E-state index contributed by atoms with van der Waals surface area (Å²) in [6, 6.07) is 12.3. The van der Waals surface area contributed by atoms with Crippen molar-refractivity contribution in [3.05, 3.63) is 65.2 Å². The molecular formula is C24H29NO4. The third kappa shape index (κ3) is 6.21. The minimum atomic E-state index is -0.152. The smallest absolute Gasteiger partial charge is 0.253 e. The van der Waals surface area contributed by atoms with Crippen molar-refractivity contribution in [3.8, 4) is 11.5 Å². The van der Waals surface area contributed by atoms with Gasteiger partial charge in [-0.25, -0.2) is 0 Å². The molecule has 0 unspecified atom stereocenters. The molecule has 0 saturated heterocycles. The normalized spacial score (nSPS) is 10.8. The van der Waals surface area contributed by atoms with Crippen molar-refractivity contribution in [1.29, 1.82) is 0 Å². The predicted octanol–water partition coefficient (Wildman–Crippen LogP) is 4.86. The largest absolute Gasteiger partial charge is 0.493 e. The van der Waals surface area contributed by atoms with E-state index in [4.69, 9.17) is 9.47 Å². The van der Waals surface area contributed by atoms with Crippen LogP contribution in [0.4, 0.5) is 0 Å². The lowest BCUT2D eigenvalue weighted by molar-refractivity contribution is 0.0827. The van der Waals surface area contributed by atoms with Gasteiger partial charge >= 0.3 is 0 Å². The van der Waals surface area contributed by atoms with Crippen LogP contribution in [-0.2, 0) is 0 Å². The average Bonchev–Trinajstić information content (AvgIpc) is 2.74. The van der Waals surface area contributed by atoms with Gasteiger partial charge in [-0.15, -0.1) is 0 Å². The first-order valence-corrected chi connectivity index (χ1v) is 9.90. The number of carbonyl (C=O) groups is 2. The van der Waals surface area contributed by atoms with Crippen molar-refractivity contribution in [1.82, 2.24) is 4.90 Å². The minimum absolute atomic E-state index is 0.0979. The van der Waals surface area contributed by atoms with E-state index in [2.05, 4.69) is 0 Å². The highest BCUT2D eigenvalue weighted by atomic mass is 16.5. The summed E-state index contributed by atoms with van der Waals surface area (Å²) < 4.78 is 11.6. The number of allylic oxidation sites excluding steroid dienone is 1. The average molecular weight is 395 g/mol. The van der Waals surface area contributed by atoms with Crippen molar-refractivity contribution >= 4 is 17.8 Å². The second kappa shape index (κ2) is 11.1. The Balaban J connectivity index is 2.24. The van der Waals surface area contributed by atoms with Crippen LogP contribution in [0.15, 0.2) is 48.5 Å². The molecule has 2 rings (SSSR count). The van der Waals surface area contributed by atoms with E-state index in [1.807, 2.05) is 32.0 Å². The molecule has 5 nitrogen and oxygen atoms in total. The molecule has 0 aliphatic carbocycles. The Morgan fingerprint density at radius 1 is 0.862 bits per heavy atom. The molecule has 0 bridgehead atoms. The summed E-state index contributed by atoms with van der Waals surface area (Å²) in [6.07, 6.45) is 5.02. The fraction of sp³-hybridized carbons (Fsp3) is 0.333. The lowest BCUT2D eigenvalue weighted by Gasteiger charge is -2.13. The summed E-state index contributed by atoms with van der Waals surface area (Å²) in [6.45, 7) is 5.27. The second-order valence-electron chi connectivity index (χ2n) is 6.84. The molecule has 0 aromatic heterocycles. The van der Waals surface area contributed by atoms with Gasteiger partial charge in [0.1, 0.15) is 11.5 Å². The Kier molecular flexibility index (Phi) is 8.46. The molecule has 0 saturated carbocycles. The first-order valence-electron chi connectivity index (χ1n) is 9.90. The van der Waals surface area contributed by atoms with Gasteiger partial charge in [0.05, 0.1) is 18.8 Å². The maximum Gasteiger partial charge on any atom is 0.253 e. The minimum Gasteiger partial charge on any atom is -0.493 e. The lowest BCUT2D eigenvalue weighted by Crippen LogP contribution is -2.21. The Hall–Kier alpha value is -3.08. The van der Waals surface area contributed by atoms with Crippen LogP contribution in [0.2, 0.25) is 0 Å². The van der Waals surface area contributed by atoms with Crippen LogP contribution < -0.4 is 9.47 Å². The van der Waals surface area contributed by atoms with E-state index in [0.717, 1.165) is 18.4 Å². The summed E-state index contributed by atoms with van der Waals surface area (Å²) in [5.41, 5.74) is 1.81. The molecule has 5 heteroatoms. The monoisotopic (exact) mass is 395 g/mol. The van der Waals surface area contributed by atoms with Gasteiger partial charge in [-0.2, -0.15) is 0 Å². The van der Waals surface area contributed by atoms with Gasteiger partial charge in [0.25, 0.3) is 5.91 Å². The van der Waals surface area contributed by atoms with Crippen molar-refractivity contribution in [3.63, 3.8) is 0 Å². The number of benzene rings is 2. The summed E-state index contributed by atoms with van der Waals surface area (Å²) in [5.74, 6) is 1.13. The summed E-state index contributed by atoms with van der Waals surface area (Å²) in [4.78, 5) is 26.1. The van der Waals surface area contributed by atoms with Gasteiger partial charge in [0, 0.05) is 25.2 Å². The summed E-state index contributed by atoms with van der Waals surface area (Å²) in [7, 11) is 3.39. The number of amides is 1. The SMILES string of the molecule is CCCOc1cccc(OCCC)c1/C=C/C(=O)c1ccc(C(=O)N(C)C)cc1. The van der Waals surface area contributed by atoms with Crippen LogP contribution in [0.1, 0.15) is 53.0 Å². The van der Waals surface area contributed by atoms with Gasteiger partial charge < -0.3 is 14.4 Å². The zero-order chi connectivity index (χ0) is 21.2. The Bertz CT molecular complexity index is 827. The van der Waals surface area contributed by atoms with E-state index in [9.17, 15) is 9.59 Å². The van der Waals surface area contributed by atoms with Crippen molar-refractivity contribution in [2.24, 2.45) is 0 Å². The lowest BCUT2D eigenvalue weighted by atomic mass is 10.1. The second-order valence-corrected chi connectivity index (χ2v) is 6.84. The van der Waals surface area contributed by atoms with Crippen molar-refractivity contribution in [2.45, 2.75) is 26.7 Å². The van der Waals surface area contributed by atoms with E-state index < -0.39 is 0 Å². The maximum atomic E-state index is 12.6. The predicted molar refractivity (Wildman–Crippen MR) is 116 cm³/mol. The van der Waals surface area contributed by atoms with E-state index in [1.54, 1.807) is 44.4 Å². The van der Waals surface area contributed by atoms with Gasteiger partial charge in [-0.05, 0) is 49.3 Å². The number of carbonyl (C=O) groups excluding carboxylic acids is 2. The highest BCUT2D eigenvalue weighted by Gasteiger charge is 2.11. The molecule has 0 aliphatic heterocycles. The van der Waals surface area contributed by atoms with Crippen LogP contribution in [0, 0.1) is 0 Å². The van der Waals surface area contributed by atoms with E-state index in [-0.39, 0.29) is 11.7 Å². The molecule has 0 radical (unpaired) electrons. The summed E-state index contributed by atoms with van der Waals surface area (Å²) in [5, 5.41) is 0. The summed E-state index contributed by atoms with van der Waals surface area (Å²) >= 11 is 0. The molecule has 154 valence electrons. The molecule has 0 N–H and O–H groups in total. The molecular weight excluding hydrogens is 366 g/mol. The van der Waals surface area contributed by atoms with Crippen molar-refractivity contribution < 1.29 is 19.1 Å². The Morgan fingerprint density at radius 3 is 1.86 bits per heavy atom. The van der Waals surface area contributed by atoms with E-state index >= 15 is 0 Å². The fourth-order valence-corrected chi connectivity index (χ4v) is 2.65. The molecule has 0 atom stereocenters. The van der Waals surface area contributed by atoms with Crippen LogP contribution in [0.25, 0.3) is 6.08 Å². The zero-order valence-electron chi connectivity index (χ0n) is 17.6. The van der Waals surface area contributed by atoms with Crippen LogP contribution in [-0.4, -0.2) is 43.9 Å². The molecule has 0 fully saturated rings. The highest BCUT2D eigenvalue weighted by Crippen LogP contribution is 2.30. The van der Waals surface area contributed by atoms with Crippen LogP contribution in [0.3, 0.4) is 0 Å². The maximum absolute atomic E-state index is 12.6. The molecule has 2 aromatic carbocycles. The number of ketones is 1. The molecule has 2 aromatic rings. The first kappa shape index (κ1) is 22.2. The van der Waals surface area contributed by atoms with Crippen molar-refractivity contribution in [2.75, 3.05) is 27.3 Å². The molecule has 0 aliphatic rings. The van der Waals surface area contributed by atoms with Gasteiger partial charge in [0.2, 0.25) is 0 Å². The Morgan fingerprint density at radius 2 is 1.38 bits per heavy atom. The van der Waals surface area contributed by atoms with E-state index in [1.165, 1.54) is 11.0 Å². The number of hydrogen-bond donors (Lipinski definition) is 0. The van der Waals surface area contributed by atoms with Gasteiger partial charge in [0.15, 0.2) is 5.78 Å². The topological polar surface area (TPSA) is 55.8 Å². The first-order chi connectivity index (χ1) is 14.0. The van der Waals surface area contributed by atoms with Crippen LogP contribution in [0.5, 0.6) is 11.5 Å². The third-order valence-corrected chi connectivity index (χ3v) is 4.17. The Labute approximate surface area is 172 Å². The number of rotatable bonds is 10. The van der Waals surface area contributed by atoms with Gasteiger partial charge in [-0.1, -0.05) is 32.0 Å². The molecule has 0 heterocycles. The fourth-order valence-electron chi connectivity index (χ4n) is 2.65. The molecule has 1 amide bonds. The number of ether oxygens (including phenoxy) is 2. The zero-order valence-corrected chi connectivity index (χ0v) is 17.6. The number of nitrogens with zero attached hydrogens (tertiary/aromatic N) is 1. The van der Waals surface area contributed by atoms with Gasteiger partial charge in [-0.3, -0.25) is 9.59 Å². The quantitative estimate of drug-likeness (QED) is 0.426. The third-order valence-electron chi connectivity index (χ3n) is 4.17. The highest BCUT2D eigenvalue weighted by molar-refractivity contribution is 6.07. The molecule has 29 heavy (non-hydrogen) atoms. The molecule has 0 spiro atoms. The number of hydrogen-bond acceptors (Lipinski definition) is 4.